The summed E-state index contributed by atoms with van der Waals surface area (Å²) in [7, 11) is 0. The molecule has 0 radical (unpaired) electrons. The van der Waals surface area contributed by atoms with Crippen molar-refractivity contribution in [2.45, 2.75) is 39.8 Å². The van der Waals surface area contributed by atoms with E-state index >= 15 is 0 Å². The molecular formula is C19H21ClN4O5. The largest absolute Gasteiger partial charge is 0.448 e. The SMILES string of the molecule is Cc1cc(=O)c(C(=O)O[C@@H](C)C(=O)NC(=O)NC(C)C)nn1-c1ccc(Cl)cc1. The van der Waals surface area contributed by atoms with Crippen LogP contribution in [0.3, 0.4) is 0 Å². The number of hydrogen-bond donors (Lipinski definition) is 2. The Labute approximate surface area is 172 Å². The van der Waals surface area contributed by atoms with Gasteiger partial charge in [-0.15, -0.1) is 0 Å². The van der Waals surface area contributed by atoms with Crippen LogP contribution in [0.1, 0.15) is 37.0 Å². The smallest absolute Gasteiger partial charge is 0.363 e. The molecule has 1 atom stereocenters. The number of nitrogens with one attached hydrogen (secondary N) is 2. The molecule has 29 heavy (non-hydrogen) atoms. The Kier molecular flexibility index (Phi) is 7.11. The molecule has 0 saturated carbocycles. The third-order valence-corrected chi connectivity index (χ3v) is 3.93. The van der Waals surface area contributed by atoms with Crippen LogP contribution in [0, 0.1) is 6.92 Å². The molecule has 9 nitrogen and oxygen atoms in total. The van der Waals surface area contributed by atoms with Gasteiger partial charge in [0.15, 0.2) is 6.10 Å². The fourth-order valence-electron chi connectivity index (χ4n) is 2.31. The molecule has 0 saturated heterocycles. The topological polar surface area (TPSA) is 119 Å². The average molecular weight is 421 g/mol. The highest BCUT2D eigenvalue weighted by molar-refractivity contribution is 6.30. The number of nitrogens with zero attached hydrogens (tertiary/aromatic N) is 2. The average Bonchev–Trinajstić information content (AvgIpc) is 2.61. The zero-order valence-corrected chi connectivity index (χ0v) is 17.1. The Balaban J connectivity index is 2.19. The van der Waals surface area contributed by atoms with E-state index in [1.807, 2.05) is 0 Å². The number of carbonyl (C=O) groups is 3. The van der Waals surface area contributed by atoms with Crippen molar-refractivity contribution in [2.75, 3.05) is 0 Å². The quantitative estimate of drug-likeness (QED) is 0.713. The molecule has 1 aromatic carbocycles. The minimum atomic E-state index is -1.31. The van der Waals surface area contributed by atoms with Crippen molar-refractivity contribution < 1.29 is 19.1 Å². The number of amides is 3. The number of urea groups is 1. The van der Waals surface area contributed by atoms with Gasteiger partial charge in [-0.05, 0) is 52.0 Å². The number of carbonyl (C=O) groups excluding carboxylic acids is 3. The first kappa shape index (κ1) is 22.1. The Morgan fingerprint density at radius 1 is 1.14 bits per heavy atom. The highest BCUT2D eigenvalue weighted by Gasteiger charge is 2.24. The van der Waals surface area contributed by atoms with Crippen LogP contribution in [0.15, 0.2) is 35.1 Å². The first-order valence-corrected chi connectivity index (χ1v) is 9.15. The van der Waals surface area contributed by atoms with E-state index in [2.05, 4.69) is 15.7 Å². The van der Waals surface area contributed by atoms with E-state index in [9.17, 15) is 19.2 Å². The second-order valence-corrected chi connectivity index (χ2v) is 6.99. The van der Waals surface area contributed by atoms with Gasteiger partial charge in [-0.3, -0.25) is 14.9 Å². The number of rotatable bonds is 5. The minimum Gasteiger partial charge on any atom is -0.448 e. The molecule has 2 aromatic rings. The van der Waals surface area contributed by atoms with Gasteiger partial charge in [0.2, 0.25) is 11.1 Å². The molecule has 10 heteroatoms. The van der Waals surface area contributed by atoms with Crippen molar-refractivity contribution >= 4 is 29.5 Å². The lowest BCUT2D eigenvalue weighted by molar-refractivity contribution is -0.127. The molecule has 3 amide bonds. The van der Waals surface area contributed by atoms with E-state index in [1.165, 1.54) is 17.7 Å². The lowest BCUT2D eigenvalue weighted by Gasteiger charge is -2.15. The molecule has 0 unspecified atom stereocenters. The zero-order valence-electron chi connectivity index (χ0n) is 16.4. The Morgan fingerprint density at radius 3 is 2.34 bits per heavy atom. The third kappa shape index (κ3) is 5.89. The fourth-order valence-corrected chi connectivity index (χ4v) is 2.44. The van der Waals surface area contributed by atoms with Gasteiger partial charge in [0.1, 0.15) is 0 Å². The second-order valence-electron chi connectivity index (χ2n) is 6.55. The molecule has 0 aliphatic heterocycles. The van der Waals surface area contributed by atoms with E-state index in [-0.39, 0.29) is 6.04 Å². The highest BCUT2D eigenvalue weighted by atomic mass is 35.5. The Morgan fingerprint density at radius 2 is 1.76 bits per heavy atom. The summed E-state index contributed by atoms with van der Waals surface area (Å²) in [6, 6.07) is 6.97. The molecule has 2 N–H and O–H groups in total. The minimum absolute atomic E-state index is 0.177. The van der Waals surface area contributed by atoms with Crippen LogP contribution in [0.25, 0.3) is 5.69 Å². The van der Waals surface area contributed by atoms with Crippen molar-refractivity contribution in [3.05, 3.63) is 57.0 Å². The van der Waals surface area contributed by atoms with E-state index in [0.717, 1.165) is 0 Å². The van der Waals surface area contributed by atoms with Crippen LogP contribution < -0.4 is 16.1 Å². The van der Waals surface area contributed by atoms with E-state index < -0.39 is 35.1 Å². The summed E-state index contributed by atoms with van der Waals surface area (Å²) < 4.78 is 6.39. The summed E-state index contributed by atoms with van der Waals surface area (Å²) in [4.78, 5) is 48.2. The standard InChI is InChI=1S/C19H21ClN4O5/c1-10(2)21-19(28)22-17(26)12(4)29-18(27)16-15(25)9-11(3)24(23-16)14-7-5-13(20)6-8-14/h5-10,12H,1-4H3,(H2,21,22,26,28)/t12-/m0/s1. The van der Waals surface area contributed by atoms with Gasteiger partial charge >= 0.3 is 12.0 Å². The van der Waals surface area contributed by atoms with Crippen LogP contribution in [0.5, 0.6) is 0 Å². The predicted octanol–water partition coefficient (Wildman–Crippen LogP) is 1.97. The fraction of sp³-hybridized carbons (Fsp3) is 0.316. The van der Waals surface area contributed by atoms with Crippen LogP contribution in [-0.4, -0.2) is 39.8 Å². The van der Waals surface area contributed by atoms with Crippen LogP contribution >= 0.6 is 11.6 Å². The summed E-state index contributed by atoms with van der Waals surface area (Å²) in [5, 5.41) is 9.11. The zero-order chi connectivity index (χ0) is 21.7. The third-order valence-electron chi connectivity index (χ3n) is 3.68. The molecule has 0 bridgehead atoms. The number of hydrogen-bond acceptors (Lipinski definition) is 6. The van der Waals surface area contributed by atoms with Gasteiger partial charge in [0.25, 0.3) is 5.91 Å². The number of esters is 1. The Bertz CT molecular complexity index is 985. The molecule has 154 valence electrons. The van der Waals surface area contributed by atoms with Crippen molar-refractivity contribution in [2.24, 2.45) is 0 Å². The number of ether oxygens (including phenoxy) is 1. The lowest BCUT2D eigenvalue weighted by Crippen LogP contribution is -2.46. The van der Waals surface area contributed by atoms with Gasteiger partial charge in [-0.2, -0.15) is 5.10 Å². The molecule has 0 spiro atoms. The van der Waals surface area contributed by atoms with Gasteiger partial charge < -0.3 is 10.1 Å². The Hall–Kier alpha value is -3.20. The van der Waals surface area contributed by atoms with Gasteiger partial charge in [-0.1, -0.05) is 11.6 Å². The summed E-state index contributed by atoms with van der Waals surface area (Å²) in [5.41, 5.74) is -0.0678. The van der Waals surface area contributed by atoms with Gasteiger partial charge in [0.05, 0.1) is 5.69 Å². The monoisotopic (exact) mass is 420 g/mol. The maximum absolute atomic E-state index is 12.4. The van der Waals surface area contributed by atoms with Crippen LogP contribution in [0.2, 0.25) is 5.02 Å². The molecule has 2 rings (SSSR count). The van der Waals surface area contributed by atoms with Gasteiger partial charge in [0, 0.05) is 22.8 Å². The molecule has 1 heterocycles. The second kappa shape index (κ2) is 9.33. The van der Waals surface area contributed by atoms with Crippen molar-refractivity contribution in [3.8, 4) is 5.69 Å². The molecular weight excluding hydrogens is 400 g/mol. The summed E-state index contributed by atoms with van der Waals surface area (Å²) in [6.45, 7) is 6.38. The normalized spacial score (nSPS) is 11.7. The number of aromatic nitrogens is 2. The predicted molar refractivity (Wildman–Crippen MR) is 106 cm³/mol. The summed E-state index contributed by atoms with van der Waals surface area (Å²) in [6.07, 6.45) is -1.31. The van der Waals surface area contributed by atoms with Crippen molar-refractivity contribution in [1.29, 1.82) is 0 Å². The van der Waals surface area contributed by atoms with Crippen molar-refractivity contribution in [3.63, 3.8) is 0 Å². The molecule has 1 aromatic heterocycles. The summed E-state index contributed by atoms with van der Waals surface area (Å²) >= 11 is 5.88. The number of benzene rings is 1. The number of aryl methyl sites for hydroxylation is 1. The lowest BCUT2D eigenvalue weighted by atomic mass is 10.3. The first-order chi connectivity index (χ1) is 13.6. The molecule has 0 fully saturated rings. The number of imide groups is 1. The van der Waals surface area contributed by atoms with E-state index in [0.29, 0.717) is 16.4 Å². The van der Waals surface area contributed by atoms with E-state index in [1.54, 1.807) is 45.0 Å². The highest BCUT2D eigenvalue weighted by Crippen LogP contribution is 2.14. The number of halogens is 1. The maximum atomic E-state index is 12.4. The summed E-state index contributed by atoms with van der Waals surface area (Å²) in [5.74, 6) is -1.91. The molecule has 0 aliphatic rings. The van der Waals surface area contributed by atoms with E-state index in [4.69, 9.17) is 16.3 Å². The first-order valence-electron chi connectivity index (χ1n) is 8.77. The van der Waals surface area contributed by atoms with Crippen LogP contribution in [0.4, 0.5) is 4.79 Å². The van der Waals surface area contributed by atoms with Gasteiger partial charge in [-0.25, -0.2) is 14.3 Å². The van der Waals surface area contributed by atoms with Crippen LogP contribution in [-0.2, 0) is 9.53 Å². The molecule has 0 aliphatic carbocycles. The van der Waals surface area contributed by atoms with Crippen molar-refractivity contribution in [1.82, 2.24) is 20.4 Å². The maximum Gasteiger partial charge on any atom is 0.363 e.